The van der Waals surface area contributed by atoms with Crippen molar-refractivity contribution in [1.29, 1.82) is 0 Å². The number of aromatic nitrogens is 1. The highest BCUT2D eigenvalue weighted by Crippen LogP contribution is 2.47. The number of rotatable bonds is 5. The number of hydrogen-bond donors (Lipinski definition) is 0. The lowest BCUT2D eigenvalue weighted by Gasteiger charge is -2.27. The minimum Gasteiger partial charge on any atom is -0.455 e. The van der Waals surface area contributed by atoms with Gasteiger partial charge in [-0.25, -0.2) is 0 Å². The first-order valence-electron chi connectivity index (χ1n) is 22.3. The van der Waals surface area contributed by atoms with E-state index in [0.29, 0.717) is 0 Å². The van der Waals surface area contributed by atoms with E-state index in [1.807, 2.05) is 0 Å². The lowest BCUT2D eigenvalue weighted by Crippen LogP contribution is -2.10. The normalized spacial score (nSPS) is 12.0. The van der Waals surface area contributed by atoms with E-state index < -0.39 is 0 Å². The van der Waals surface area contributed by atoms with E-state index in [4.69, 9.17) is 4.42 Å². The van der Waals surface area contributed by atoms with Crippen LogP contribution in [0.5, 0.6) is 0 Å². The van der Waals surface area contributed by atoms with Gasteiger partial charge in [0.1, 0.15) is 11.2 Å². The highest BCUT2D eigenvalue weighted by Gasteiger charge is 2.23. The summed E-state index contributed by atoms with van der Waals surface area (Å²) in [4.78, 5) is 2.43. The van der Waals surface area contributed by atoms with Gasteiger partial charge in [0.05, 0.1) is 22.1 Å². The minimum absolute atomic E-state index is 0.859. The molecule has 3 heteroatoms. The summed E-state index contributed by atoms with van der Waals surface area (Å²) in [6.45, 7) is 0. The zero-order valence-corrected chi connectivity index (χ0v) is 35.2. The quantitative estimate of drug-likeness (QED) is 0.161. The van der Waals surface area contributed by atoms with E-state index in [0.717, 1.165) is 61.0 Å². The molecule has 12 aromatic carbocycles. The van der Waals surface area contributed by atoms with Crippen LogP contribution in [0.4, 0.5) is 17.1 Å². The van der Waals surface area contributed by atoms with Gasteiger partial charge in [0.25, 0.3) is 0 Å². The monoisotopic (exact) mass is 826 g/mol. The molecule has 0 bridgehead atoms. The molecule has 0 aliphatic heterocycles. The van der Waals surface area contributed by atoms with Crippen LogP contribution in [0.15, 0.2) is 235 Å². The topological polar surface area (TPSA) is 21.3 Å². The van der Waals surface area contributed by atoms with Crippen molar-refractivity contribution < 1.29 is 4.42 Å². The predicted octanol–water partition coefficient (Wildman–Crippen LogP) is 17.6. The third-order valence-corrected chi connectivity index (χ3v) is 13.7. The molecular weight excluding hydrogens is 789 g/mol. The van der Waals surface area contributed by atoms with Crippen molar-refractivity contribution in [3.63, 3.8) is 0 Å². The Hall–Kier alpha value is -8.66. The molecule has 0 unspecified atom stereocenters. The maximum Gasteiger partial charge on any atom is 0.143 e. The number of furan rings is 1. The van der Waals surface area contributed by atoms with Crippen LogP contribution in [0, 0.1) is 0 Å². The molecule has 14 rings (SSSR count). The molecule has 0 amide bonds. The van der Waals surface area contributed by atoms with Gasteiger partial charge in [-0.2, -0.15) is 0 Å². The Labute approximate surface area is 374 Å². The van der Waals surface area contributed by atoms with Crippen LogP contribution in [0.25, 0.3) is 114 Å². The molecule has 302 valence electrons. The zero-order chi connectivity index (χ0) is 42.6. The lowest BCUT2D eigenvalue weighted by molar-refractivity contribution is 0.672. The fourth-order valence-electron chi connectivity index (χ4n) is 10.7. The van der Waals surface area contributed by atoms with Gasteiger partial charge in [0, 0.05) is 38.6 Å². The number of hydrogen-bond acceptors (Lipinski definition) is 2. The molecule has 0 N–H and O–H groups in total. The van der Waals surface area contributed by atoms with Gasteiger partial charge < -0.3 is 13.9 Å². The van der Waals surface area contributed by atoms with Gasteiger partial charge in [-0.05, 0) is 132 Å². The molecule has 2 heterocycles. The lowest BCUT2D eigenvalue weighted by atomic mass is 9.93. The molecule has 0 radical (unpaired) electrons. The molecule has 0 spiro atoms. The fraction of sp³-hybridized carbons (Fsp3) is 0. The van der Waals surface area contributed by atoms with Gasteiger partial charge in [-0.1, -0.05) is 158 Å². The number of fused-ring (bicyclic) bond motifs is 14. The number of anilines is 3. The van der Waals surface area contributed by atoms with E-state index in [1.54, 1.807) is 0 Å². The van der Waals surface area contributed by atoms with Crippen LogP contribution in [0.2, 0.25) is 0 Å². The highest BCUT2D eigenvalue weighted by atomic mass is 16.3. The van der Waals surface area contributed by atoms with Gasteiger partial charge in [0.15, 0.2) is 0 Å². The Morgan fingerprint density at radius 3 is 1.80 bits per heavy atom. The van der Waals surface area contributed by atoms with Crippen molar-refractivity contribution in [1.82, 2.24) is 4.57 Å². The smallest absolute Gasteiger partial charge is 0.143 e. The van der Waals surface area contributed by atoms with Crippen LogP contribution in [-0.4, -0.2) is 4.57 Å². The summed E-state index contributed by atoms with van der Waals surface area (Å²) in [5.41, 5.74) is 10.8. The molecule has 65 heavy (non-hydrogen) atoms. The first-order chi connectivity index (χ1) is 32.2. The molecule has 0 aliphatic carbocycles. The van der Waals surface area contributed by atoms with Crippen molar-refractivity contribution in [3.8, 4) is 16.8 Å². The SMILES string of the molecule is c1ccc2cc(-n3c4ccc(N(c5ccc(-c6cc7ccccc7c7ccccc67)cc5)c5cccc6oc7c8ccccc8ccc7c56)cc4c4c5ccccc5ccc43)ccc2c1. The second kappa shape index (κ2) is 13.9. The molecular formula is C62H38N2O. The van der Waals surface area contributed by atoms with Crippen molar-refractivity contribution >= 4 is 115 Å². The maximum atomic E-state index is 6.81. The van der Waals surface area contributed by atoms with Gasteiger partial charge >= 0.3 is 0 Å². The Morgan fingerprint density at radius 2 is 0.969 bits per heavy atom. The summed E-state index contributed by atoms with van der Waals surface area (Å²) in [5.74, 6) is 0. The Bertz CT molecular complexity index is 4250. The summed E-state index contributed by atoms with van der Waals surface area (Å²) >= 11 is 0. The van der Waals surface area contributed by atoms with Crippen LogP contribution in [0.3, 0.4) is 0 Å². The molecule has 14 aromatic rings. The molecule has 0 aliphatic rings. The van der Waals surface area contributed by atoms with Crippen LogP contribution in [0.1, 0.15) is 0 Å². The fourth-order valence-corrected chi connectivity index (χ4v) is 10.7. The van der Waals surface area contributed by atoms with E-state index in [-0.39, 0.29) is 0 Å². The second-order valence-corrected chi connectivity index (χ2v) is 17.2. The van der Waals surface area contributed by atoms with Crippen molar-refractivity contribution in [2.75, 3.05) is 4.90 Å². The molecule has 2 aromatic heterocycles. The third-order valence-electron chi connectivity index (χ3n) is 13.7. The van der Waals surface area contributed by atoms with Gasteiger partial charge in [-0.3, -0.25) is 0 Å². The molecule has 0 saturated heterocycles. The van der Waals surface area contributed by atoms with Crippen molar-refractivity contribution in [3.05, 3.63) is 231 Å². The minimum atomic E-state index is 0.859. The van der Waals surface area contributed by atoms with Gasteiger partial charge in [0.2, 0.25) is 0 Å². The summed E-state index contributed by atoms with van der Waals surface area (Å²) in [6, 6.07) is 84.2. The standard InChI is InChI=1S/C62H38N2O/c1-2-15-43-36-46(31-24-39(43)12-1)64-56-35-32-47(38-55(56)60-49-18-7-3-13-40(49)28-34-58(60)64)63(57-22-11-23-59-61(57)53-33-27-41-14-4-8-19-50(41)62(53)65-59)45-29-25-42(26-30-45)54-37-44-16-5-6-17-48(44)51-20-9-10-21-52(51)54/h1-38H. The van der Waals surface area contributed by atoms with E-state index >= 15 is 0 Å². The molecule has 0 saturated carbocycles. The zero-order valence-electron chi connectivity index (χ0n) is 35.2. The van der Waals surface area contributed by atoms with Crippen LogP contribution in [-0.2, 0) is 0 Å². The Balaban J connectivity index is 1.03. The average Bonchev–Trinajstić information content (AvgIpc) is 3.93. The Morgan fingerprint density at radius 1 is 0.338 bits per heavy atom. The largest absolute Gasteiger partial charge is 0.455 e. The van der Waals surface area contributed by atoms with Crippen LogP contribution >= 0.6 is 0 Å². The van der Waals surface area contributed by atoms with E-state index in [1.165, 1.54) is 70.5 Å². The summed E-state index contributed by atoms with van der Waals surface area (Å²) in [7, 11) is 0. The maximum absolute atomic E-state index is 6.81. The number of benzene rings is 12. The number of nitrogens with zero attached hydrogens (tertiary/aromatic N) is 2. The third kappa shape index (κ3) is 5.43. The van der Waals surface area contributed by atoms with Crippen molar-refractivity contribution in [2.24, 2.45) is 0 Å². The summed E-state index contributed by atoms with van der Waals surface area (Å²) in [6.07, 6.45) is 0. The first-order valence-corrected chi connectivity index (χ1v) is 22.3. The van der Waals surface area contributed by atoms with Crippen molar-refractivity contribution in [2.45, 2.75) is 0 Å². The summed E-state index contributed by atoms with van der Waals surface area (Å²) in [5, 5.41) is 16.8. The molecule has 3 nitrogen and oxygen atoms in total. The highest BCUT2D eigenvalue weighted by molar-refractivity contribution is 6.23. The molecule has 0 atom stereocenters. The van der Waals surface area contributed by atoms with E-state index in [9.17, 15) is 0 Å². The predicted molar refractivity (Wildman–Crippen MR) is 276 cm³/mol. The van der Waals surface area contributed by atoms with Gasteiger partial charge in [-0.15, -0.1) is 0 Å². The average molecular weight is 827 g/mol. The summed E-state index contributed by atoms with van der Waals surface area (Å²) < 4.78 is 9.25. The first kappa shape index (κ1) is 35.9. The van der Waals surface area contributed by atoms with E-state index in [2.05, 4.69) is 240 Å². The second-order valence-electron chi connectivity index (χ2n) is 17.2. The molecule has 0 fully saturated rings. The van der Waals surface area contributed by atoms with Crippen LogP contribution < -0.4 is 4.90 Å². The Kier molecular flexibility index (Phi) is 7.69.